The first-order valence-corrected chi connectivity index (χ1v) is 7.10. The topological polar surface area (TPSA) is 58.4 Å². The lowest BCUT2D eigenvalue weighted by atomic mass is 9.99. The molecule has 1 aliphatic heterocycles. The first-order valence-electron chi connectivity index (χ1n) is 7.10. The van der Waals surface area contributed by atoms with Gasteiger partial charge < -0.3 is 9.73 Å². The number of nitrogens with one attached hydrogen (secondary N) is 1. The Hall–Kier alpha value is -2.51. The van der Waals surface area contributed by atoms with Crippen LogP contribution in [0, 0.1) is 0 Å². The molecule has 0 spiro atoms. The molecule has 0 saturated heterocycles. The Morgan fingerprint density at radius 2 is 2.22 bits per heavy atom. The number of hydrogen-bond donors (Lipinski definition) is 1. The summed E-state index contributed by atoms with van der Waals surface area (Å²) in [7, 11) is 0. The molecule has 2 heterocycles. The highest BCUT2D eigenvalue weighted by molar-refractivity contribution is 5.96. The average molecular weight is 325 g/mol. The smallest absolute Gasteiger partial charge is 0.416 e. The van der Waals surface area contributed by atoms with E-state index in [-0.39, 0.29) is 11.4 Å². The molecular weight excluding hydrogens is 311 g/mol. The van der Waals surface area contributed by atoms with Crippen molar-refractivity contribution in [3.63, 3.8) is 0 Å². The van der Waals surface area contributed by atoms with E-state index in [2.05, 4.69) is 10.3 Å². The van der Waals surface area contributed by atoms with E-state index in [4.69, 9.17) is 4.42 Å². The number of aromatic nitrogens is 1. The van der Waals surface area contributed by atoms with Gasteiger partial charge in [0.25, 0.3) is 0 Å². The zero-order chi connectivity index (χ0) is 16.6. The number of carbonyl (C=O) groups excluding carboxylic acids is 1. The molecule has 0 fully saturated rings. The van der Waals surface area contributed by atoms with Gasteiger partial charge in [0.1, 0.15) is 0 Å². The molecule has 0 bridgehead atoms. The lowest BCUT2D eigenvalue weighted by molar-refractivity contribution is -0.137. The van der Waals surface area contributed by atoms with Crippen LogP contribution in [0.4, 0.5) is 23.7 Å². The summed E-state index contributed by atoms with van der Waals surface area (Å²) >= 11 is 0. The van der Waals surface area contributed by atoms with Crippen LogP contribution in [-0.4, -0.2) is 24.1 Å². The number of benzene rings is 1. The fourth-order valence-corrected chi connectivity index (χ4v) is 2.69. The van der Waals surface area contributed by atoms with Crippen molar-refractivity contribution in [3.05, 3.63) is 35.9 Å². The average Bonchev–Trinajstić information content (AvgIpc) is 3.15. The van der Waals surface area contributed by atoms with Crippen LogP contribution in [0.15, 0.2) is 29.1 Å². The zero-order valence-electron chi connectivity index (χ0n) is 12.3. The van der Waals surface area contributed by atoms with Gasteiger partial charge in [0.2, 0.25) is 0 Å². The van der Waals surface area contributed by atoms with E-state index in [0.717, 1.165) is 12.1 Å². The van der Waals surface area contributed by atoms with Gasteiger partial charge in [-0.2, -0.15) is 13.2 Å². The van der Waals surface area contributed by atoms with E-state index >= 15 is 0 Å². The van der Waals surface area contributed by atoms with Crippen LogP contribution in [0.3, 0.4) is 0 Å². The standard InChI is InChI=1S/C15H14F3N3O2/c1-2-20-14(22)21-4-3-10-11(13-7-19-8-23-13)5-9(6-12(10)21)15(16,17)18/h5-8H,2-4H2,1H3,(H,20,22). The van der Waals surface area contributed by atoms with Crippen LogP contribution < -0.4 is 10.2 Å². The van der Waals surface area contributed by atoms with Gasteiger partial charge in [-0.3, -0.25) is 4.90 Å². The summed E-state index contributed by atoms with van der Waals surface area (Å²) in [5, 5.41) is 2.61. The number of fused-ring (bicyclic) bond motifs is 1. The molecule has 1 aromatic heterocycles. The predicted octanol–water partition coefficient (Wildman–Crippen LogP) is 3.45. The molecule has 0 atom stereocenters. The number of alkyl halides is 3. The van der Waals surface area contributed by atoms with Crippen LogP contribution in [-0.2, 0) is 12.6 Å². The van der Waals surface area contributed by atoms with Crippen LogP contribution in [0.25, 0.3) is 11.3 Å². The number of nitrogens with zero attached hydrogens (tertiary/aromatic N) is 2. The molecule has 0 unspecified atom stereocenters. The van der Waals surface area contributed by atoms with E-state index in [9.17, 15) is 18.0 Å². The molecule has 8 heteroatoms. The van der Waals surface area contributed by atoms with Crippen molar-refractivity contribution >= 4 is 11.7 Å². The first-order chi connectivity index (χ1) is 10.9. The molecule has 1 N–H and O–H groups in total. The molecule has 2 amide bonds. The van der Waals surface area contributed by atoms with E-state index in [0.29, 0.717) is 30.6 Å². The van der Waals surface area contributed by atoms with Gasteiger partial charge in [0.05, 0.1) is 17.4 Å². The Balaban J connectivity index is 2.15. The number of urea groups is 1. The molecule has 0 saturated carbocycles. The lowest BCUT2D eigenvalue weighted by Crippen LogP contribution is -2.38. The van der Waals surface area contributed by atoms with Crippen LogP contribution in [0.2, 0.25) is 0 Å². The Bertz CT molecular complexity index is 726. The quantitative estimate of drug-likeness (QED) is 0.920. The summed E-state index contributed by atoms with van der Waals surface area (Å²) in [4.78, 5) is 17.2. The highest BCUT2D eigenvalue weighted by Gasteiger charge is 2.36. The van der Waals surface area contributed by atoms with Crippen LogP contribution in [0.1, 0.15) is 18.1 Å². The summed E-state index contributed by atoms with van der Waals surface area (Å²) in [5.41, 5.74) is 0.413. The predicted molar refractivity (Wildman–Crippen MR) is 77.1 cm³/mol. The third-order valence-corrected chi connectivity index (χ3v) is 3.70. The highest BCUT2D eigenvalue weighted by atomic mass is 19.4. The first kappa shape index (κ1) is 15.4. The van der Waals surface area contributed by atoms with E-state index < -0.39 is 17.8 Å². The van der Waals surface area contributed by atoms with Crippen LogP contribution in [0.5, 0.6) is 0 Å². The zero-order valence-corrected chi connectivity index (χ0v) is 12.3. The van der Waals surface area contributed by atoms with Crippen molar-refractivity contribution in [2.24, 2.45) is 0 Å². The summed E-state index contributed by atoms with van der Waals surface area (Å²) in [5.74, 6) is 0.255. The maximum atomic E-state index is 13.2. The summed E-state index contributed by atoms with van der Waals surface area (Å²) in [6, 6.07) is 1.65. The Morgan fingerprint density at radius 3 is 2.83 bits per heavy atom. The molecule has 2 aromatic rings. The van der Waals surface area contributed by atoms with Crippen molar-refractivity contribution in [2.45, 2.75) is 19.5 Å². The van der Waals surface area contributed by atoms with Gasteiger partial charge in [0, 0.05) is 18.7 Å². The fraction of sp³-hybridized carbons (Fsp3) is 0.333. The molecule has 1 aromatic carbocycles. The van der Waals surface area contributed by atoms with Crippen molar-refractivity contribution in [3.8, 4) is 11.3 Å². The Labute approximate surface area is 130 Å². The van der Waals surface area contributed by atoms with Gasteiger partial charge in [0.15, 0.2) is 12.2 Å². The van der Waals surface area contributed by atoms with E-state index in [1.807, 2.05) is 0 Å². The maximum absolute atomic E-state index is 13.2. The van der Waals surface area contributed by atoms with Crippen molar-refractivity contribution in [2.75, 3.05) is 18.0 Å². The number of oxazole rings is 1. The Morgan fingerprint density at radius 1 is 1.43 bits per heavy atom. The maximum Gasteiger partial charge on any atom is 0.416 e. The third kappa shape index (κ3) is 2.76. The Kier molecular flexibility index (Phi) is 3.75. The van der Waals surface area contributed by atoms with Gasteiger partial charge in [-0.15, -0.1) is 0 Å². The largest absolute Gasteiger partial charge is 0.444 e. The second-order valence-electron chi connectivity index (χ2n) is 5.12. The number of rotatable bonds is 2. The number of hydrogen-bond acceptors (Lipinski definition) is 3. The highest BCUT2D eigenvalue weighted by Crippen LogP contribution is 2.41. The van der Waals surface area contributed by atoms with Crippen molar-refractivity contribution in [1.29, 1.82) is 0 Å². The summed E-state index contributed by atoms with van der Waals surface area (Å²) in [6.45, 7) is 2.48. The monoisotopic (exact) mass is 325 g/mol. The number of carbonyl (C=O) groups is 1. The molecule has 23 heavy (non-hydrogen) atoms. The van der Waals surface area contributed by atoms with Crippen molar-refractivity contribution in [1.82, 2.24) is 10.3 Å². The lowest BCUT2D eigenvalue weighted by Gasteiger charge is -2.19. The van der Waals surface area contributed by atoms with Gasteiger partial charge in [-0.05, 0) is 31.0 Å². The van der Waals surface area contributed by atoms with Gasteiger partial charge >= 0.3 is 12.2 Å². The van der Waals surface area contributed by atoms with Crippen molar-refractivity contribution < 1.29 is 22.4 Å². The molecule has 1 aliphatic rings. The van der Waals surface area contributed by atoms with Gasteiger partial charge in [-0.25, -0.2) is 9.78 Å². The second kappa shape index (κ2) is 5.60. The second-order valence-corrected chi connectivity index (χ2v) is 5.12. The molecule has 0 radical (unpaired) electrons. The third-order valence-electron chi connectivity index (χ3n) is 3.70. The summed E-state index contributed by atoms with van der Waals surface area (Å²) < 4.78 is 44.7. The summed E-state index contributed by atoms with van der Waals surface area (Å²) in [6.07, 6.45) is -1.52. The minimum Gasteiger partial charge on any atom is -0.444 e. The van der Waals surface area contributed by atoms with Crippen LogP contribution >= 0.6 is 0 Å². The molecular formula is C15H14F3N3O2. The van der Waals surface area contributed by atoms with Gasteiger partial charge in [-0.1, -0.05) is 0 Å². The molecule has 122 valence electrons. The molecule has 3 rings (SSSR count). The normalized spacial score (nSPS) is 14.0. The minimum atomic E-state index is -4.51. The fourth-order valence-electron chi connectivity index (χ4n) is 2.69. The molecule has 0 aliphatic carbocycles. The number of halogens is 3. The molecule has 5 nitrogen and oxygen atoms in total. The SMILES string of the molecule is CCNC(=O)N1CCc2c(-c3cnco3)cc(C(F)(F)F)cc21. The number of amides is 2. The van der Waals surface area contributed by atoms with E-state index in [1.54, 1.807) is 6.92 Å². The number of anilines is 1. The minimum absolute atomic E-state index is 0.255. The van der Waals surface area contributed by atoms with E-state index in [1.165, 1.54) is 17.5 Å².